The van der Waals surface area contributed by atoms with Crippen LogP contribution in [0.25, 0.3) is 0 Å². The zero-order chi connectivity index (χ0) is 16.3. The first-order valence-corrected chi connectivity index (χ1v) is 8.25. The molecular formula is C16H22N4OS. The van der Waals surface area contributed by atoms with Gasteiger partial charge in [0.25, 0.3) is 0 Å². The van der Waals surface area contributed by atoms with E-state index in [0.29, 0.717) is 0 Å². The van der Waals surface area contributed by atoms with E-state index >= 15 is 0 Å². The van der Waals surface area contributed by atoms with E-state index in [1.807, 2.05) is 27.8 Å². The minimum atomic E-state index is -0.257. The Hall–Kier alpha value is -1.82. The molecule has 0 radical (unpaired) electrons. The number of amides is 1. The molecule has 2 rings (SSSR count). The van der Waals surface area contributed by atoms with Crippen LogP contribution in [0, 0.1) is 6.92 Å². The van der Waals surface area contributed by atoms with Crippen molar-refractivity contribution in [2.45, 2.75) is 46.1 Å². The zero-order valence-electron chi connectivity index (χ0n) is 13.7. The van der Waals surface area contributed by atoms with Crippen molar-refractivity contribution in [2.75, 3.05) is 7.05 Å². The first-order valence-electron chi connectivity index (χ1n) is 7.43. The summed E-state index contributed by atoms with van der Waals surface area (Å²) in [5, 5.41) is 1.12. The molecule has 5 nitrogen and oxygen atoms in total. The Morgan fingerprint density at radius 3 is 2.50 bits per heavy atom. The quantitative estimate of drug-likeness (QED) is 0.850. The molecule has 0 aliphatic rings. The number of hydrogen-bond acceptors (Lipinski definition) is 5. The molecule has 0 spiro atoms. The fourth-order valence-corrected chi connectivity index (χ4v) is 3.46. The Morgan fingerprint density at radius 2 is 1.95 bits per heavy atom. The summed E-state index contributed by atoms with van der Waals surface area (Å²) in [4.78, 5) is 28.2. The lowest BCUT2D eigenvalue weighted by atomic mass is 10.0. The van der Waals surface area contributed by atoms with Crippen LogP contribution in [0.3, 0.4) is 0 Å². The molecule has 0 aliphatic carbocycles. The second kappa shape index (κ2) is 6.96. The van der Waals surface area contributed by atoms with Crippen molar-refractivity contribution in [3.8, 4) is 0 Å². The predicted molar refractivity (Wildman–Crippen MR) is 87.9 cm³/mol. The Bertz CT molecular complexity index is 641. The lowest BCUT2D eigenvalue weighted by Gasteiger charge is -2.27. The fraction of sp³-hybridized carbons (Fsp3) is 0.500. The van der Waals surface area contributed by atoms with Crippen LogP contribution in [0.5, 0.6) is 0 Å². The van der Waals surface area contributed by atoms with Crippen LogP contribution in [0.4, 0.5) is 0 Å². The summed E-state index contributed by atoms with van der Waals surface area (Å²) in [6.45, 7) is 8.04. The molecule has 0 fully saturated rings. The Kier molecular flexibility index (Phi) is 5.24. The average Bonchev–Trinajstić information content (AvgIpc) is 2.93. The van der Waals surface area contributed by atoms with Gasteiger partial charge in [-0.05, 0) is 27.2 Å². The van der Waals surface area contributed by atoms with E-state index in [-0.39, 0.29) is 17.9 Å². The van der Waals surface area contributed by atoms with Crippen LogP contribution in [-0.4, -0.2) is 32.8 Å². The van der Waals surface area contributed by atoms with Crippen LogP contribution < -0.4 is 0 Å². The maximum absolute atomic E-state index is 12.7. The van der Waals surface area contributed by atoms with Gasteiger partial charge in [-0.2, -0.15) is 0 Å². The number of likely N-dealkylation sites (N-methyl/N-ethyl adjacent to an activating group) is 1. The molecule has 6 heteroatoms. The van der Waals surface area contributed by atoms with E-state index in [4.69, 9.17) is 0 Å². The number of aryl methyl sites for hydroxylation is 2. The molecule has 0 bridgehead atoms. The molecule has 2 aromatic rings. The molecule has 0 saturated heterocycles. The Balaban J connectivity index is 2.17. The fourth-order valence-electron chi connectivity index (χ4n) is 2.35. The molecule has 1 amide bonds. The van der Waals surface area contributed by atoms with Gasteiger partial charge in [0, 0.05) is 29.9 Å². The first kappa shape index (κ1) is 16.5. The highest BCUT2D eigenvalue weighted by Gasteiger charge is 2.26. The molecule has 0 N–H and O–H groups in total. The van der Waals surface area contributed by atoms with E-state index in [1.54, 1.807) is 28.6 Å². The number of carbonyl (C=O) groups excluding carboxylic acids is 1. The van der Waals surface area contributed by atoms with E-state index in [1.165, 1.54) is 6.33 Å². The average molecular weight is 318 g/mol. The standard InChI is InChI=1S/C16H22N4OS/c1-6-14-19-11(3)15(22-14)12(4)20(5)16(21)10(2)13-7-17-9-18-8-13/h7-10,12H,6H2,1-5H3. The zero-order valence-corrected chi connectivity index (χ0v) is 14.5. The highest BCUT2D eigenvalue weighted by atomic mass is 32.1. The first-order chi connectivity index (χ1) is 10.5. The SMILES string of the molecule is CCc1nc(C)c(C(C)N(C)C(=O)C(C)c2cncnc2)s1. The number of carbonyl (C=O) groups is 1. The second-order valence-corrected chi connectivity index (χ2v) is 6.54. The van der Waals surface area contributed by atoms with Gasteiger partial charge in [0.05, 0.1) is 22.7 Å². The van der Waals surface area contributed by atoms with E-state index in [0.717, 1.165) is 27.6 Å². The largest absolute Gasteiger partial charge is 0.338 e. The summed E-state index contributed by atoms with van der Waals surface area (Å²) in [5.74, 6) is -0.194. The normalized spacial score (nSPS) is 13.7. The maximum Gasteiger partial charge on any atom is 0.230 e. The van der Waals surface area contributed by atoms with Gasteiger partial charge in [0.2, 0.25) is 5.91 Å². The highest BCUT2D eigenvalue weighted by Crippen LogP contribution is 2.30. The summed E-state index contributed by atoms with van der Waals surface area (Å²) in [7, 11) is 1.85. The van der Waals surface area contributed by atoms with Crippen LogP contribution in [0.2, 0.25) is 0 Å². The van der Waals surface area contributed by atoms with E-state index < -0.39 is 0 Å². The summed E-state index contributed by atoms with van der Waals surface area (Å²) in [5.41, 5.74) is 1.85. The topological polar surface area (TPSA) is 59.0 Å². The van der Waals surface area contributed by atoms with Gasteiger partial charge in [-0.25, -0.2) is 15.0 Å². The van der Waals surface area contributed by atoms with Crippen LogP contribution in [0.1, 0.15) is 53.9 Å². The monoisotopic (exact) mass is 318 g/mol. The van der Waals surface area contributed by atoms with Crippen LogP contribution in [-0.2, 0) is 11.2 Å². The van der Waals surface area contributed by atoms with E-state index in [9.17, 15) is 4.79 Å². The number of thiazole rings is 1. The summed E-state index contributed by atoms with van der Waals surface area (Å²) in [6.07, 6.45) is 5.79. The number of hydrogen-bond donors (Lipinski definition) is 0. The number of aromatic nitrogens is 3. The smallest absolute Gasteiger partial charge is 0.230 e. The molecule has 0 aliphatic heterocycles. The van der Waals surface area contributed by atoms with E-state index in [2.05, 4.69) is 21.9 Å². The predicted octanol–water partition coefficient (Wildman–Crippen LogP) is 3.13. The molecule has 0 saturated carbocycles. The van der Waals surface area contributed by atoms with Gasteiger partial charge in [-0.1, -0.05) is 6.92 Å². The maximum atomic E-state index is 12.7. The highest BCUT2D eigenvalue weighted by molar-refractivity contribution is 7.11. The lowest BCUT2D eigenvalue weighted by molar-refractivity contribution is -0.133. The van der Waals surface area contributed by atoms with Crippen molar-refractivity contribution in [3.05, 3.63) is 39.9 Å². The molecule has 2 aromatic heterocycles. The van der Waals surface area contributed by atoms with Gasteiger partial charge in [0.15, 0.2) is 0 Å². The van der Waals surface area contributed by atoms with Crippen molar-refractivity contribution < 1.29 is 4.79 Å². The molecule has 0 aromatic carbocycles. The minimum absolute atomic E-state index is 0.0115. The Labute approximate surface area is 135 Å². The molecule has 2 heterocycles. The summed E-state index contributed by atoms with van der Waals surface area (Å²) < 4.78 is 0. The van der Waals surface area contributed by atoms with Gasteiger partial charge in [-0.3, -0.25) is 4.79 Å². The van der Waals surface area contributed by atoms with Gasteiger partial charge < -0.3 is 4.90 Å². The number of rotatable bonds is 5. The van der Waals surface area contributed by atoms with Crippen molar-refractivity contribution in [1.82, 2.24) is 19.9 Å². The molecular weight excluding hydrogens is 296 g/mol. The van der Waals surface area contributed by atoms with Gasteiger partial charge in [0.1, 0.15) is 6.33 Å². The van der Waals surface area contributed by atoms with Crippen molar-refractivity contribution in [2.24, 2.45) is 0 Å². The van der Waals surface area contributed by atoms with Gasteiger partial charge in [-0.15, -0.1) is 11.3 Å². The minimum Gasteiger partial charge on any atom is -0.338 e. The molecule has 118 valence electrons. The molecule has 2 atom stereocenters. The van der Waals surface area contributed by atoms with Crippen molar-refractivity contribution in [1.29, 1.82) is 0 Å². The number of nitrogens with zero attached hydrogens (tertiary/aromatic N) is 4. The van der Waals surface area contributed by atoms with Crippen molar-refractivity contribution >= 4 is 17.2 Å². The molecule has 22 heavy (non-hydrogen) atoms. The lowest BCUT2D eigenvalue weighted by Crippen LogP contribution is -2.33. The third-order valence-corrected chi connectivity index (χ3v) is 5.41. The molecule has 2 unspecified atom stereocenters. The summed E-state index contributed by atoms with van der Waals surface area (Å²) >= 11 is 1.69. The third-order valence-electron chi connectivity index (χ3n) is 3.94. The van der Waals surface area contributed by atoms with Gasteiger partial charge >= 0.3 is 0 Å². The van der Waals surface area contributed by atoms with Crippen LogP contribution in [0.15, 0.2) is 18.7 Å². The second-order valence-electron chi connectivity index (χ2n) is 5.43. The summed E-state index contributed by atoms with van der Waals surface area (Å²) in [6, 6.07) is 0.0115. The van der Waals surface area contributed by atoms with Crippen molar-refractivity contribution in [3.63, 3.8) is 0 Å². The third kappa shape index (κ3) is 3.32. The Morgan fingerprint density at radius 1 is 1.32 bits per heavy atom. The van der Waals surface area contributed by atoms with Crippen LogP contribution >= 0.6 is 11.3 Å².